The van der Waals surface area contributed by atoms with Crippen molar-refractivity contribution >= 4 is 5.78 Å². The first-order valence-electron chi connectivity index (χ1n) is 6.01. The minimum Gasteiger partial charge on any atom is -0.477 e. The fourth-order valence-corrected chi connectivity index (χ4v) is 1.81. The van der Waals surface area contributed by atoms with Crippen LogP contribution in [0.5, 0.6) is 5.88 Å². The van der Waals surface area contributed by atoms with Crippen LogP contribution in [-0.4, -0.2) is 22.4 Å². The Labute approximate surface area is 102 Å². The summed E-state index contributed by atoms with van der Waals surface area (Å²) in [7, 11) is 0. The van der Waals surface area contributed by atoms with E-state index >= 15 is 0 Å². The summed E-state index contributed by atoms with van der Waals surface area (Å²) in [5.74, 6) is 0.620. The number of aromatic nitrogens is 2. The molecule has 4 nitrogen and oxygen atoms in total. The zero-order valence-electron chi connectivity index (χ0n) is 10.9. The van der Waals surface area contributed by atoms with E-state index in [2.05, 4.69) is 9.97 Å². The molecule has 94 valence electrons. The zero-order valence-corrected chi connectivity index (χ0v) is 10.9. The van der Waals surface area contributed by atoms with Crippen LogP contribution in [-0.2, 0) is 4.79 Å². The minimum absolute atomic E-state index is 0.113. The van der Waals surface area contributed by atoms with E-state index in [1.54, 1.807) is 19.3 Å². The van der Waals surface area contributed by atoms with Gasteiger partial charge in [0.15, 0.2) is 0 Å². The van der Waals surface area contributed by atoms with E-state index < -0.39 is 0 Å². The van der Waals surface area contributed by atoms with Crippen molar-refractivity contribution in [2.24, 2.45) is 5.92 Å². The third kappa shape index (κ3) is 3.80. The molecule has 1 aromatic heterocycles. The summed E-state index contributed by atoms with van der Waals surface area (Å²) >= 11 is 0. The lowest BCUT2D eigenvalue weighted by Crippen LogP contribution is -2.17. The predicted molar refractivity (Wildman–Crippen MR) is 66.1 cm³/mol. The first-order valence-corrected chi connectivity index (χ1v) is 6.01. The molecule has 0 amide bonds. The van der Waals surface area contributed by atoms with Crippen LogP contribution in [0.1, 0.15) is 45.7 Å². The third-order valence-electron chi connectivity index (χ3n) is 2.51. The predicted octanol–water partition coefficient (Wildman–Crippen LogP) is 2.59. The smallest absolute Gasteiger partial charge is 0.232 e. The summed E-state index contributed by atoms with van der Waals surface area (Å²) in [4.78, 5) is 20.0. The Bertz CT molecular complexity index is 377. The Kier molecular flexibility index (Phi) is 5.07. The first kappa shape index (κ1) is 13.6. The van der Waals surface area contributed by atoms with Crippen molar-refractivity contribution in [3.05, 3.63) is 18.1 Å². The highest BCUT2D eigenvalue weighted by atomic mass is 16.5. The van der Waals surface area contributed by atoms with Gasteiger partial charge in [0.1, 0.15) is 5.78 Å². The highest BCUT2D eigenvalue weighted by Gasteiger charge is 2.22. The summed E-state index contributed by atoms with van der Waals surface area (Å²) in [6.07, 6.45) is 4.15. The van der Waals surface area contributed by atoms with Gasteiger partial charge in [0, 0.05) is 6.20 Å². The summed E-state index contributed by atoms with van der Waals surface area (Å²) in [5, 5.41) is 0. The Hall–Kier alpha value is -1.45. The Morgan fingerprint density at radius 1 is 1.41 bits per heavy atom. The fraction of sp³-hybridized carbons (Fsp3) is 0.615. The number of rotatable bonds is 6. The molecule has 1 unspecified atom stereocenters. The summed E-state index contributed by atoms with van der Waals surface area (Å²) in [6.45, 7) is 8.25. The molecule has 0 bridgehead atoms. The van der Waals surface area contributed by atoms with Crippen molar-refractivity contribution in [3.63, 3.8) is 0 Å². The van der Waals surface area contributed by atoms with Crippen LogP contribution < -0.4 is 4.74 Å². The van der Waals surface area contributed by atoms with E-state index in [4.69, 9.17) is 4.74 Å². The highest BCUT2D eigenvalue weighted by Crippen LogP contribution is 2.24. The molecule has 1 aromatic rings. The monoisotopic (exact) mass is 236 g/mol. The van der Waals surface area contributed by atoms with Gasteiger partial charge in [-0.3, -0.25) is 9.78 Å². The second-order valence-corrected chi connectivity index (χ2v) is 4.46. The van der Waals surface area contributed by atoms with Gasteiger partial charge in [-0.15, -0.1) is 0 Å². The Balaban J connectivity index is 2.92. The van der Waals surface area contributed by atoms with Crippen molar-refractivity contribution in [3.8, 4) is 5.88 Å². The van der Waals surface area contributed by atoms with E-state index in [0.717, 1.165) is 6.42 Å². The van der Waals surface area contributed by atoms with Gasteiger partial charge in [0.2, 0.25) is 5.88 Å². The molecule has 17 heavy (non-hydrogen) atoms. The molecular weight excluding hydrogens is 216 g/mol. The quantitative estimate of drug-likeness (QED) is 0.761. The van der Waals surface area contributed by atoms with Crippen molar-refractivity contribution in [2.75, 3.05) is 6.61 Å². The molecule has 0 N–H and O–H groups in total. The SMILES string of the molecule is CCCOc1cncc(C(C(C)=O)C(C)C)n1. The van der Waals surface area contributed by atoms with Crippen LogP contribution in [0.25, 0.3) is 0 Å². The number of ketones is 1. The molecule has 0 fully saturated rings. The normalized spacial score (nSPS) is 12.5. The number of ether oxygens (including phenoxy) is 1. The van der Waals surface area contributed by atoms with Gasteiger partial charge < -0.3 is 4.74 Å². The van der Waals surface area contributed by atoms with Crippen LogP contribution >= 0.6 is 0 Å². The molecule has 0 aromatic carbocycles. The molecule has 0 aliphatic rings. The van der Waals surface area contributed by atoms with E-state index in [1.807, 2.05) is 20.8 Å². The molecule has 0 spiro atoms. The second-order valence-electron chi connectivity index (χ2n) is 4.46. The van der Waals surface area contributed by atoms with E-state index in [9.17, 15) is 4.79 Å². The van der Waals surface area contributed by atoms with Crippen LogP contribution in [0.15, 0.2) is 12.4 Å². The molecule has 0 aliphatic heterocycles. The molecule has 1 heterocycles. The molecule has 1 atom stereocenters. The standard InChI is InChI=1S/C13H20N2O2/c1-5-6-17-12-8-14-7-11(15-12)13(9(2)3)10(4)16/h7-9,13H,5-6H2,1-4H3. The number of carbonyl (C=O) groups is 1. The maximum atomic E-state index is 11.6. The molecule has 0 saturated carbocycles. The van der Waals surface area contributed by atoms with Gasteiger partial charge in [0.25, 0.3) is 0 Å². The lowest BCUT2D eigenvalue weighted by Gasteiger charge is -2.17. The second kappa shape index (κ2) is 6.33. The summed E-state index contributed by atoms with van der Waals surface area (Å²) < 4.78 is 5.42. The van der Waals surface area contributed by atoms with Crippen molar-refractivity contribution in [1.82, 2.24) is 9.97 Å². The van der Waals surface area contributed by atoms with Gasteiger partial charge in [-0.05, 0) is 19.3 Å². The van der Waals surface area contributed by atoms with E-state index in [-0.39, 0.29) is 17.6 Å². The zero-order chi connectivity index (χ0) is 12.8. The summed E-state index contributed by atoms with van der Waals surface area (Å²) in [5.41, 5.74) is 0.695. The van der Waals surface area contributed by atoms with Gasteiger partial charge >= 0.3 is 0 Å². The van der Waals surface area contributed by atoms with Crippen molar-refractivity contribution < 1.29 is 9.53 Å². The van der Waals surface area contributed by atoms with Gasteiger partial charge in [0.05, 0.1) is 24.4 Å². The van der Waals surface area contributed by atoms with Crippen LogP contribution in [0.4, 0.5) is 0 Å². The molecular formula is C13H20N2O2. The molecule has 1 rings (SSSR count). The maximum Gasteiger partial charge on any atom is 0.232 e. The molecule has 0 saturated heterocycles. The molecule has 4 heteroatoms. The largest absolute Gasteiger partial charge is 0.477 e. The lowest BCUT2D eigenvalue weighted by molar-refractivity contribution is -0.119. The summed E-state index contributed by atoms with van der Waals surface area (Å²) in [6, 6.07) is 0. The van der Waals surface area contributed by atoms with E-state index in [1.165, 1.54) is 0 Å². The molecule has 0 radical (unpaired) electrons. The third-order valence-corrected chi connectivity index (χ3v) is 2.51. The van der Waals surface area contributed by atoms with Crippen LogP contribution in [0.3, 0.4) is 0 Å². The number of hydrogen-bond acceptors (Lipinski definition) is 4. The number of carbonyl (C=O) groups excluding carboxylic acids is 1. The average molecular weight is 236 g/mol. The Morgan fingerprint density at radius 3 is 2.65 bits per heavy atom. The topological polar surface area (TPSA) is 52.1 Å². The van der Waals surface area contributed by atoms with Crippen LogP contribution in [0.2, 0.25) is 0 Å². The maximum absolute atomic E-state index is 11.6. The number of Topliss-reactive ketones (excluding diaryl/α,β-unsaturated/α-hetero) is 1. The van der Waals surface area contributed by atoms with Crippen molar-refractivity contribution in [1.29, 1.82) is 0 Å². The fourth-order valence-electron chi connectivity index (χ4n) is 1.81. The minimum atomic E-state index is -0.201. The number of nitrogens with zero attached hydrogens (tertiary/aromatic N) is 2. The van der Waals surface area contributed by atoms with Gasteiger partial charge in [-0.1, -0.05) is 20.8 Å². The van der Waals surface area contributed by atoms with Crippen molar-refractivity contribution in [2.45, 2.75) is 40.0 Å². The lowest BCUT2D eigenvalue weighted by atomic mass is 9.89. The van der Waals surface area contributed by atoms with Gasteiger partial charge in [-0.2, -0.15) is 0 Å². The van der Waals surface area contributed by atoms with Crippen LogP contribution in [0, 0.1) is 5.92 Å². The Morgan fingerprint density at radius 2 is 2.12 bits per heavy atom. The number of hydrogen-bond donors (Lipinski definition) is 0. The first-order chi connectivity index (χ1) is 8.06. The molecule has 0 aliphatic carbocycles. The van der Waals surface area contributed by atoms with Gasteiger partial charge in [-0.25, -0.2) is 4.98 Å². The highest BCUT2D eigenvalue weighted by molar-refractivity contribution is 5.83. The van der Waals surface area contributed by atoms with E-state index in [0.29, 0.717) is 18.2 Å². The average Bonchev–Trinajstić information content (AvgIpc) is 2.26.